The fourth-order valence-electron chi connectivity index (χ4n) is 2.13. The van der Waals surface area contributed by atoms with Gasteiger partial charge in [0.15, 0.2) is 6.23 Å². The number of aliphatic hydroxyl groups is 3. The maximum absolute atomic E-state index is 12.0. The summed E-state index contributed by atoms with van der Waals surface area (Å²) in [7, 11) is 0. The van der Waals surface area contributed by atoms with Crippen LogP contribution in [-0.4, -0.2) is 49.4 Å². The predicted octanol–water partition coefficient (Wildman–Crippen LogP) is -2.36. The van der Waals surface area contributed by atoms with E-state index in [-0.39, 0.29) is 6.54 Å². The molecule has 1 aliphatic rings. The lowest BCUT2D eigenvalue weighted by Crippen LogP contribution is -2.42. The van der Waals surface area contributed by atoms with Gasteiger partial charge in [0.05, 0.1) is 6.61 Å². The molecule has 4 atom stereocenters. The summed E-state index contributed by atoms with van der Waals surface area (Å²) in [5.74, 6) is 0. The first-order chi connectivity index (χ1) is 9.01. The number of aromatic nitrogens is 2. The predicted molar refractivity (Wildman–Crippen MR) is 63.6 cm³/mol. The third-order valence-electron chi connectivity index (χ3n) is 3.20. The highest BCUT2D eigenvalue weighted by Gasteiger charge is 2.43. The second-order valence-electron chi connectivity index (χ2n) is 4.32. The standard InChI is InChI=1S/C11H16N2O6/c1-2-12-7(15)3-4-13(11(12)18)10-9(17)8(16)6(5-14)19-10/h3-4,6,8-10,14,16-17H,2,5H2,1H3/t6-,8-,9+,10-/m1/s1. The Morgan fingerprint density at radius 2 is 2.00 bits per heavy atom. The highest BCUT2D eigenvalue weighted by molar-refractivity contribution is 4.94. The van der Waals surface area contributed by atoms with Crippen LogP contribution in [0, 0.1) is 0 Å². The summed E-state index contributed by atoms with van der Waals surface area (Å²) in [5, 5.41) is 28.5. The molecule has 2 heterocycles. The Bertz CT molecular complexity index is 565. The van der Waals surface area contributed by atoms with Crippen LogP contribution in [0.15, 0.2) is 21.9 Å². The van der Waals surface area contributed by atoms with Gasteiger partial charge in [0.2, 0.25) is 0 Å². The van der Waals surface area contributed by atoms with Gasteiger partial charge < -0.3 is 20.1 Å². The van der Waals surface area contributed by atoms with Crippen molar-refractivity contribution in [3.63, 3.8) is 0 Å². The lowest BCUT2D eigenvalue weighted by molar-refractivity contribution is -0.0555. The lowest BCUT2D eigenvalue weighted by Gasteiger charge is -2.18. The zero-order valence-electron chi connectivity index (χ0n) is 10.3. The fraction of sp³-hybridized carbons (Fsp3) is 0.636. The van der Waals surface area contributed by atoms with Crippen LogP contribution in [0.4, 0.5) is 0 Å². The maximum Gasteiger partial charge on any atom is 0.333 e. The van der Waals surface area contributed by atoms with E-state index in [1.807, 2.05) is 0 Å². The van der Waals surface area contributed by atoms with E-state index in [9.17, 15) is 19.8 Å². The van der Waals surface area contributed by atoms with E-state index in [4.69, 9.17) is 9.84 Å². The van der Waals surface area contributed by atoms with Gasteiger partial charge in [0.1, 0.15) is 18.3 Å². The molecule has 0 amide bonds. The molecule has 1 aromatic heterocycles. The van der Waals surface area contributed by atoms with E-state index in [1.54, 1.807) is 6.92 Å². The molecule has 1 saturated heterocycles. The molecule has 19 heavy (non-hydrogen) atoms. The molecule has 106 valence electrons. The highest BCUT2D eigenvalue weighted by atomic mass is 16.6. The van der Waals surface area contributed by atoms with Crippen LogP contribution < -0.4 is 11.2 Å². The summed E-state index contributed by atoms with van der Waals surface area (Å²) in [5.41, 5.74) is -1.08. The first-order valence-corrected chi connectivity index (χ1v) is 5.95. The Hall–Kier alpha value is -1.48. The minimum atomic E-state index is -1.35. The summed E-state index contributed by atoms with van der Waals surface area (Å²) < 4.78 is 7.26. The first-order valence-electron chi connectivity index (χ1n) is 5.95. The van der Waals surface area contributed by atoms with E-state index in [1.165, 1.54) is 12.3 Å². The quantitative estimate of drug-likeness (QED) is 0.567. The van der Waals surface area contributed by atoms with Crippen molar-refractivity contribution < 1.29 is 20.1 Å². The van der Waals surface area contributed by atoms with Gasteiger partial charge in [-0.2, -0.15) is 0 Å². The van der Waals surface area contributed by atoms with Crippen LogP contribution in [0.1, 0.15) is 13.2 Å². The fourth-order valence-corrected chi connectivity index (χ4v) is 2.13. The van der Waals surface area contributed by atoms with Crippen LogP contribution in [0.5, 0.6) is 0 Å². The average molecular weight is 272 g/mol. The van der Waals surface area contributed by atoms with Crippen LogP contribution in [0.25, 0.3) is 0 Å². The Morgan fingerprint density at radius 1 is 1.32 bits per heavy atom. The smallest absolute Gasteiger partial charge is 0.333 e. The minimum absolute atomic E-state index is 0.188. The van der Waals surface area contributed by atoms with Gasteiger partial charge in [-0.15, -0.1) is 0 Å². The van der Waals surface area contributed by atoms with E-state index >= 15 is 0 Å². The molecular weight excluding hydrogens is 256 g/mol. The van der Waals surface area contributed by atoms with Gasteiger partial charge in [-0.1, -0.05) is 0 Å². The van der Waals surface area contributed by atoms with Gasteiger partial charge in [-0.05, 0) is 6.92 Å². The Balaban J connectivity index is 2.44. The molecule has 0 saturated carbocycles. The third-order valence-corrected chi connectivity index (χ3v) is 3.20. The van der Waals surface area contributed by atoms with E-state index in [2.05, 4.69) is 0 Å². The van der Waals surface area contributed by atoms with E-state index in [0.29, 0.717) is 0 Å². The first kappa shape index (κ1) is 13.9. The van der Waals surface area contributed by atoms with Gasteiger partial charge in [0.25, 0.3) is 5.56 Å². The topological polar surface area (TPSA) is 114 Å². The second-order valence-corrected chi connectivity index (χ2v) is 4.32. The highest BCUT2D eigenvalue weighted by Crippen LogP contribution is 2.27. The van der Waals surface area contributed by atoms with E-state index in [0.717, 1.165) is 9.13 Å². The van der Waals surface area contributed by atoms with Crippen LogP contribution in [0.3, 0.4) is 0 Å². The monoisotopic (exact) mass is 272 g/mol. The number of hydrogen-bond donors (Lipinski definition) is 3. The van der Waals surface area contributed by atoms with Crippen molar-refractivity contribution in [2.24, 2.45) is 0 Å². The summed E-state index contributed by atoms with van der Waals surface area (Å²) in [6, 6.07) is 1.18. The normalized spacial score (nSPS) is 30.7. The molecule has 0 aliphatic carbocycles. The van der Waals surface area contributed by atoms with E-state index < -0.39 is 42.4 Å². The number of hydrogen-bond acceptors (Lipinski definition) is 6. The Morgan fingerprint density at radius 3 is 2.53 bits per heavy atom. The van der Waals surface area contributed by atoms with Crippen molar-refractivity contribution in [3.8, 4) is 0 Å². The molecule has 8 nitrogen and oxygen atoms in total. The average Bonchev–Trinajstić information content (AvgIpc) is 2.67. The van der Waals surface area contributed by atoms with Crippen LogP contribution >= 0.6 is 0 Å². The van der Waals surface area contributed by atoms with Crippen molar-refractivity contribution in [1.29, 1.82) is 0 Å². The van der Waals surface area contributed by atoms with Gasteiger partial charge in [-0.3, -0.25) is 13.9 Å². The molecule has 0 aromatic carbocycles. The molecule has 0 spiro atoms. The lowest BCUT2D eigenvalue weighted by atomic mass is 10.1. The third kappa shape index (κ3) is 2.23. The minimum Gasteiger partial charge on any atom is -0.394 e. The number of rotatable bonds is 3. The number of nitrogens with zero attached hydrogens (tertiary/aromatic N) is 2. The molecule has 2 rings (SSSR count). The summed E-state index contributed by atoms with van der Waals surface area (Å²) >= 11 is 0. The van der Waals surface area contributed by atoms with Crippen molar-refractivity contribution in [3.05, 3.63) is 33.1 Å². The molecule has 1 aromatic rings. The molecule has 0 radical (unpaired) electrons. The zero-order valence-corrected chi connectivity index (χ0v) is 10.3. The van der Waals surface area contributed by atoms with Crippen molar-refractivity contribution in [1.82, 2.24) is 9.13 Å². The molecule has 1 fully saturated rings. The van der Waals surface area contributed by atoms with Crippen molar-refractivity contribution in [2.75, 3.05) is 6.61 Å². The largest absolute Gasteiger partial charge is 0.394 e. The van der Waals surface area contributed by atoms with Gasteiger partial charge in [-0.25, -0.2) is 4.79 Å². The zero-order chi connectivity index (χ0) is 14.2. The van der Waals surface area contributed by atoms with Crippen LogP contribution in [-0.2, 0) is 11.3 Å². The molecular formula is C11H16N2O6. The molecule has 3 N–H and O–H groups in total. The Kier molecular flexibility index (Phi) is 3.85. The molecule has 0 unspecified atom stereocenters. The molecule has 1 aliphatic heterocycles. The summed E-state index contributed by atoms with van der Waals surface area (Å²) in [4.78, 5) is 23.5. The number of aliphatic hydroxyl groups excluding tert-OH is 3. The summed E-state index contributed by atoms with van der Waals surface area (Å²) in [6.07, 6.45) is -3.52. The van der Waals surface area contributed by atoms with Crippen LogP contribution in [0.2, 0.25) is 0 Å². The van der Waals surface area contributed by atoms with Crippen molar-refractivity contribution >= 4 is 0 Å². The second kappa shape index (κ2) is 5.25. The molecule has 0 bridgehead atoms. The van der Waals surface area contributed by atoms with Gasteiger partial charge in [0, 0.05) is 18.8 Å². The number of ether oxygens (including phenoxy) is 1. The summed E-state index contributed by atoms with van der Waals surface area (Å²) in [6.45, 7) is 1.36. The van der Waals surface area contributed by atoms with Crippen molar-refractivity contribution in [2.45, 2.75) is 38.0 Å². The SMILES string of the molecule is CCn1c(=O)ccn([C@@H]2O[C@H](CO)[C@@H](O)[C@@H]2O)c1=O. The maximum atomic E-state index is 12.0. The Labute approximate surface area is 108 Å². The molecule has 8 heteroatoms. The van der Waals surface area contributed by atoms with Gasteiger partial charge >= 0.3 is 5.69 Å².